The number of imide groups is 1. The molecule has 0 atom stereocenters. The number of hydrogen-bond donors (Lipinski definition) is 1. The van der Waals surface area contributed by atoms with E-state index in [1.807, 2.05) is 0 Å². The fraction of sp³-hybridized carbons (Fsp3) is 0.286. The van der Waals surface area contributed by atoms with Gasteiger partial charge in [0.15, 0.2) is 0 Å². The van der Waals surface area contributed by atoms with Gasteiger partial charge in [0, 0.05) is 12.8 Å². The lowest BCUT2D eigenvalue weighted by atomic mass is 10.1. The van der Waals surface area contributed by atoms with Crippen LogP contribution >= 0.6 is 0 Å². The topological polar surface area (TPSA) is 57.6 Å². The maximum Gasteiger partial charge on any atom is 0.233 e. The van der Waals surface area contributed by atoms with Crippen LogP contribution in [0.3, 0.4) is 0 Å². The Labute approximate surface area is 109 Å². The predicted molar refractivity (Wildman–Crippen MR) is 66.7 cm³/mol. The van der Waals surface area contributed by atoms with Crippen LogP contribution in [0.15, 0.2) is 18.2 Å². The molecule has 2 amide bonds. The molecule has 0 saturated carbocycles. The average molecular weight is 261 g/mol. The minimum Gasteiger partial charge on any atom is -0.384 e. The summed E-state index contributed by atoms with van der Waals surface area (Å²) in [4.78, 5) is 24.7. The molecule has 4 nitrogen and oxygen atoms in total. The third-order valence-corrected chi connectivity index (χ3v) is 2.78. The minimum atomic E-state index is -0.511. The van der Waals surface area contributed by atoms with Crippen molar-refractivity contribution in [2.24, 2.45) is 0 Å². The monoisotopic (exact) mass is 261 g/mol. The molecule has 1 aromatic carbocycles. The van der Waals surface area contributed by atoms with Crippen molar-refractivity contribution in [3.8, 4) is 11.8 Å². The Balaban J connectivity index is 2.48. The van der Waals surface area contributed by atoms with E-state index in [-0.39, 0.29) is 42.5 Å². The van der Waals surface area contributed by atoms with Crippen molar-refractivity contribution < 1.29 is 19.1 Å². The van der Waals surface area contributed by atoms with Gasteiger partial charge in [0.1, 0.15) is 12.4 Å². The second-order valence-electron chi connectivity index (χ2n) is 4.10. The van der Waals surface area contributed by atoms with Crippen LogP contribution in [0, 0.1) is 17.7 Å². The van der Waals surface area contributed by atoms with Gasteiger partial charge in [-0.25, -0.2) is 9.29 Å². The summed E-state index contributed by atoms with van der Waals surface area (Å²) in [5.74, 6) is 3.81. The summed E-state index contributed by atoms with van der Waals surface area (Å²) in [6.07, 6.45) is 1.11. The van der Waals surface area contributed by atoms with Crippen molar-refractivity contribution in [3.63, 3.8) is 0 Å². The molecule has 1 N–H and O–H groups in total. The fourth-order valence-electron chi connectivity index (χ4n) is 1.96. The Kier molecular flexibility index (Phi) is 3.93. The van der Waals surface area contributed by atoms with Crippen LogP contribution in [0.2, 0.25) is 0 Å². The van der Waals surface area contributed by atoms with Gasteiger partial charge in [-0.15, -0.1) is 0 Å². The van der Waals surface area contributed by atoms with Crippen LogP contribution < -0.4 is 4.90 Å². The molecule has 19 heavy (non-hydrogen) atoms. The number of anilines is 1. The Hall–Kier alpha value is -2.19. The van der Waals surface area contributed by atoms with Crippen molar-refractivity contribution in [2.75, 3.05) is 11.5 Å². The van der Waals surface area contributed by atoms with Gasteiger partial charge in [0.25, 0.3) is 0 Å². The number of piperidine rings is 1. The molecule has 1 saturated heterocycles. The standard InChI is InChI=1S/C14H12FNO3/c15-11-6-7-12(10(9-11)3-2-8-17)16-13(18)4-1-5-14(16)19/h6-7,9,17H,1,4-5,8H2. The molecule has 1 aliphatic rings. The number of hydrogen-bond acceptors (Lipinski definition) is 3. The highest BCUT2D eigenvalue weighted by Gasteiger charge is 2.28. The van der Waals surface area contributed by atoms with Gasteiger partial charge in [-0.1, -0.05) is 11.8 Å². The first-order chi connectivity index (χ1) is 9.13. The van der Waals surface area contributed by atoms with Crippen LogP contribution in [0.1, 0.15) is 24.8 Å². The largest absolute Gasteiger partial charge is 0.384 e. The van der Waals surface area contributed by atoms with Crippen LogP contribution in [0.5, 0.6) is 0 Å². The molecule has 0 radical (unpaired) electrons. The van der Waals surface area contributed by atoms with Crippen molar-refractivity contribution >= 4 is 17.5 Å². The SMILES string of the molecule is O=C1CCCC(=O)N1c1ccc(F)cc1C#CCO. The van der Waals surface area contributed by atoms with E-state index in [4.69, 9.17) is 5.11 Å². The summed E-state index contributed by atoms with van der Waals surface area (Å²) in [6, 6.07) is 3.68. The predicted octanol–water partition coefficient (Wildman–Crippen LogP) is 1.21. The van der Waals surface area contributed by atoms with Gasteiger partial charge in [-0.3, -0.25) is 9.59 Å². The summed E-state index contributed by atoms with van der Waals surface area (Å²) in [5.41, 5.74) is 0.495. The third kappa shape index (κ3) is 2.80. The number of halogens is 1. The van der Waals surface area contributed by atoms with Crippen LogP contribution in [0.25, 0.3) is 0 Å². The van der Waals surface area contributed by atoms with Gasteiger partial charge in [0.2, 0.25) is 11.8 Å². The lowest BCUT2D eigenvalue weighted by Gasteiger charge is -2.25. The zero-order valence-electron chi connectivity index (χ0n) is 10.1. The molecule has 1 aromatic rings. The molecule has 0 spiro atoms. The fourth-order valence-corrected chi connectivity index (χ4v) is 1.96. The molecule has 0 aromatic heterocycles. The lowest BCUT2D eigenvalue weighted by molar-refractivity contribution is -0.129. The number of aliphatic hydroxyl groups excluding tert-OH is 1. The number of rotatable bonds is 1. The zero-order chi connectivity index (χ0) is 13.8. The first-order valence-corrected chi connectivity index (χ1v) is 5.88. The van der Waals surface area contributed by atoms with Crippen LogP contribution in [-0.4, -0.2) is 23.5 Å². The smallest absolute Gasteiger partial charge is 0.233 e. The van der Waals surface area contributed by atoms with E-state index >= 15 is 0 Å². The number of benzene rings is 1. The summed E-state index contributed by atoms with van der Waals surface area (Å²) < 4.78 is 13.2. The quantitative estimate of drug-likeness (QED) is 0.610. The molecule has 98 valence electrons. The molecule has 1 fully saturated rings. The second-order valence-corrected chi connectivity index (χ2v) is 4.10. The first-order valence-electron chi connectivity index (χ1n) is 5.88. The lowest BCUT2D eigenvalue weighted by Crippen LogP contribution is -2.40. The molecule has 0 bridgehead atoms. The zero-order valence-corrected chi connectivity index (χ0v) is 10.1. The highest BCUT2D eigenvalue weighted by atomic mass is 19.1. The van der Waals surface area contributed by atoms with E-state index in [0.717, 1.165) is 11.0 Å². The summed E-state index contributed by atoms with van der Waals surface area (Å²) in [5, 5.41) is 8.69. The van der Waals surface area contributed by atoms with E-state index in [9.17, 15) is 14.0 Å². The maximum atomic E-state index is 13.2. The molecule has 5 heteroatoms. The third-order valence-electron chi connectivity index (χ3n) is 2.78. The number of aliphatic hydroxyl groups is 1. The van der Waals surface area contributed by atoms with Crippen molar-refractivity contribution in [2.45, 2.75) is 19.3 Å². The highest BCUT2D eigenvalue weighted by molar-refractivity contribution is 6.17. The van der Waals surface area contributed by atoms with Gasteiger partial charge >= 0.3 is 0 Å². The van der Waals surface area contributed by atoms with Gasteiger partial charge < -0.3 is 5.11 Å². The Morgan fingerprint density at radius 3 is 2.58 bits per heavy atom. The van der Waals surface area contributed by atoms with E-state index in [1.54, 1.807) is 0 Å². The average Bonchev–Trinajstić information content (AvgIpc) is 2.38. The molecule has 0 aliphatic carbocycles. The van der Waals surface area contributed by atoms with Crippen molar-refractivity contribution in [1.82, 2.24) is 0 Å². The molecular formula is C14H12FNO3. The minimum absolute atomic E-state index is 0.220. The first kappa shape index (κ1) is 13.2. The van der Waals surface area contributed by atoms with E-state index in [0.29, 0.717) is 6.42 Å². The van der Waals surface area contributed by atoms with E-state index in [1.165, 1.54) is 12.1 Å². The van der Waals surface area contributed by atoms with Gasteiger partial charge in [-0.2, -0.15) is 0 Å². The molecule has 0 unspecified atom stereocenters. The van der Waals surface area contributed by atoms with E-state index < -0.39 is 5.82 Å². The normalized spacial score (nSPS) is 15.2. The molecular weight excluding hydrogens is 249 g/mol. The Morgan fingerprint density at radius 1 is 1.26 bits per heavy atom. The summed E-state index contributed by atoms with van der Waals surface area (Å²) in [6.45, 7) is -0.377. The van der Waals surface area contributed by atoms with Gasteiger partial charge in [0.05, 0.1) is 11.3 Å². The van der Waals surface area contributed by atoms with Crippen molar-refractivity contribution in [3.05, 3.63) is 29.6 Å². The van der Waals surface area contributed by atoms with Crippen LogP contribution in [-0.2, 0) is 9.59 Å². The number of nitrogens with zero attached hydrogens (tertiary/aromatic N) is 1. The Bertz CT molecular complexity index is 570. The molecule has 1 heterocycles. The van der Waals surface area contributed by atoms with Gasteiger partial charge in [-0.05, 0) is 24.6 Å². The second kappa shape index (κ2) is 5.63. The summed E-state index contributed by atoms with van der Waals surface area (Å²) in [7, 11) is 0. The van der Waals surface area contributed by atoms with Crippen molar-refractivity contribution in [1.29, 1.82) is 0 Å². The Morgan fingerprint density at radius 2 is 1.95 bits per heavy atom. The number of carbonyl (C=O) groups is 2. The molecule has 2 rings (SSSR count). The number of carbonyl (C=O) groups excluding carboxylic acids is 2. The number of amides is 2. The van der Waals surface area contributed by atoms with E-state index in [2.05, 4.69) is 11.8 Å². The maximum absolute atomic E-state index is 13.2. The summed E-state index contributed by atoms with van der Waals surface area (Å²) >= 11 is 0. The highest BCUT2D eigenvalue weighted by Crippen LogP contribution is 2.26. The van der Waals surface area contributed by atoms with Crippen LogP contribution in [0.4, 0.5) is 10.1 Å². The molecule has 1 aliphatic heterocycles.